The normalized spacial score (nSPS) is 18.3. The van der Waals surface area contributed by atoms with Gasteiger partial charge in [-0.15, -0.1) is 11.3 Å². The quantitative estimate of drug-likeness (QED) is 0.714. The molecule has 7 heteroatoms. The molecule has 2 aliphatic rings. The summed E-state index contributed by atoms with van der Waals surface area (Å²) in [7, 11) is 0. The summed E-state index contributed by atoms with van der Waals surface area (Å²) in [6.07, 6.45) is 6.80. The third-order valence-corrected chi connectivity index (χ3v) is 6.93. The zero-order chi connectivity index (χ0) is 19.1. The molecular weight excluding hydrogens is 372 g/mol. The van der Waals surface area contributed by atoms with Crippen LogP contribution in [0.2, 0.25) is 0 Å². The van der Waals surface area contributed by atoms with Gasteiger partial charge >= 0.3 is 0 Å². The van der Waals surface area contributed by atoms with Gasteiger partial charge in [0, 0.05) is 23.7 Å². The van der Waals surface area contributed by atoms with Crippen molar-refractivity contribution in [3.05, 3.63) is 57.2 Å². The van der Waals surface area contributed by atoms with Crippen molar-refractivity contribution in [2.45, 2.75) is 38.3 Å². The van der Waals surface area contributed by atoms with Gasteiger partial charge in [0.25, 0.3) is 5.91 Å². The molecule has 0 radical (unpaired) electrons. The summed E-state index contributed by atoms with van der Waals surface area (Å²) in [5, 5.41) is 6.44. The van der Waals surface area contributed by atoms with Crippen LogP contribution in [0.25, 0.3) is 5.65 Å². The molecule has 1 spiro atoms. The van der Waals surface area contributed by atoms with Crippen LogP contribution in [0.3, 0.4) is 0 Å². The highest BCUT2D eigenvalue weighted by atomic mass is 32.1. The number of rotatable bonds is 3. The number of ether oxygens (including phenoxy) is 1. The molecule has 1 saturated heterocycles. The second-order valence-corrected chi connectivity index (χ2v) is 8.81. The number of hydrogen-bond donors (Lipinski definition) is 2. The standard InChI is InChI=1S/C21H24N4O2S/c1-14-2-8-25-13-15(24-19(25)10-14)12-23-20(26)18-11-16-17(28-18)3-9-27-21(16)4-6-22-7-5-21/h2,8,10-11,13,22H,3-7,9,12H2,1H3,(H,23,26). The van der Waals surface area contributed by atoms with Crippen LogP contribution in [0, 0.1) is 6.92 Å². The zero-order valence-electron chi connectivity index (χ0n) is 16.0. The fraction of sp³-hybridized carbons (Fsp3) is 0.429. The number of aryl methyl sites for hydroxylation is 1. The maximum Gasteiger partial charge on any atom is 0.261 e. The number of aromatic nitrogens is 2. The van der Waals surface area contributed by atoms with E-state index in [1.807, 2.05) is 35.9 Å². The summed E-state index contributed by atoms with van der Waals surface area (Å²) in [6.45, 7) is 5.14. The van der Waals surface area contributed by atoms with Crippen molar-refractivity contribution >= 4 is 22.9 Å². The van der Waals surface area contributed by atoms with Gasteiger partial charge in [0.05, 0.1) is 29.3 Å². The Balaban J connectivity index is 1.33. The number of thiophene rings is 1. The summed E-state index contributed by atoms with van der Waals surface area (Å²) < 4.78 is 8.20. The smallest absolute Gasteiger partial charge is 0.261 e. The predicted octanol–water partition coefficient (Wildman–Crippen LogP) is 2.79. The van der Waals surface area contributed by atoms with E-state index in [0.29, 0.717) is 6.54 Å². The topological polar surface area (TPSA) is 67.7 Å². The highest BCUT2D eigenvalue weighted by Gasteiger charge is 2.40. The monoisotopic (exact) mass is 396 g/mol. The number of pyridine rings is 1. The first-order chi connectivity index (χ1) is 13.6. The molecule has 28 heavy (non-hydrogen) atoms. The van der Waals surface area contributed by atoms with E-state index in [9.17, 15) is 4.79 Å². The summed E-state index contributed by atoms with van der Waals surface area (Å²) >= 11 is 1.62. The first-order valence-electron chi connectivity index (χ1n) is 9.83. The van der Waals surface area contributed by atoms with Crippen LogP contribution in [-0.4, -0.2) is 35.0 Å². The second-order valence-electron chi connectivity index (χ2n) is 7.67. The van der Waals surface area contributed by atoms with Gasteiger partial charge in [-0.2, -0.15) is 0 Å². The van der Waals surface area contributed by atoms with Gasteiger partial charge in [-0.1, -0.05) is 0 Å². The minimum Gasteiger partial charge on any atom is -0.370 e. The highest BCUT2D eigenvalue weighted by molar-refractivity contribution is 7.14. The van der Waals surface area contributed by atoms with Crippen LogP contribution in [-0.2, 0) is 23.3 Å². The molecule has 2 aliphatic heterocycles. The Morgan fingerprint density at radius 2 is 2.25 bits per heavy atom. The second kappa shape index (κ2) is 6.99. The summed E-state index contributed by atoms with van der Waals surface area (Å²) in [4.78, 5) is 19.5. The average Bonchev–Trinajstić information content (AvgIpc) is 3.31. The Morgan fingerprint density at radius 3 is 3.11 bits per heavy atom. The number of fused-ring (bicyclic) bond motifs is 3. The molecule has 0 atom stereocenters. The van der Waals surface area contributed by atoms with E-state index < -0.39 is 0 Å². The molecule has 1 fully saturated rings. The molecule has 0 bridgehead atoms. The largest absolute Gasteiger partial charge is 0.370 e. The minimum absolute atomic E-state index is 0.0308. The predicted molar refractivity (Wildman–Crippen MR) is 109 cm³/mol. The van der Waals surface area contributed by atoms with Crippen molar-refractivity contribution in [3.63, 3.8) is 0 Å². The van der Waals surface area contributed by atoms with Crippen molar-refractivity contribution in [1.29, 1.82) is 0 Å². The number of hydrogen-bond acceptors (Lipinski definition) is 5. The first kappa shape index (κ1) is 17.8. The van der Waals surface area contributed by atoms with E-state index >= 15 is 0 Å². The molecule has 0 unspecified atom stereocenters. The number of nitrogens with one attached hydrogen (secondary N) is 2. The fourth-order valence-corrected chi connectivity index (χ4v) is 5.40. The third-order valence-electron chi connectivity index (χ3n) is 5.74. The lowest BCUT2D eigenvalue weighted by Crippen LogP contribution is -2.44. The summed E-state index contributed by atoms with van der Waals surface area (Å²) in [6, 6.07) is 6.15. The minimum atomic E-state index is -0.201. The van der Waals surface area contributed by atoms with Crippen LogP contribution in [0.5, 0.6) is 0 Å². The number of amides is 1. The molecule has 1 amide bonds. The lowest BCUT2D eigenvalue weighted by atomic mass is 9.83. The van der Waals surface area contributed by atoms with Crippen LogP contribution >= 0.6 is 11.3 Å². The van der Waals surface area contributed by atoms with Crippen molar-refractivity contribution in [2.24, 2.45) is 0 Å². The SMILES string of the molecule is Cc1ccn2cc(CNC(=O)c3cc4c(s3)CCOC43CCNCC3)nc2c1. The van der Waals surface area contributed by atoms with Gasteiger partial charge in [-0.05, 0) is 62.2 Å². The van der Waals surface area contributed by atoms with Gasteiger partial charge in [0.2, 0.25) is 0 Å². The third kappa shape index (κ3) is 3.13. The van der Waals surface area contributed by atoms with E-state index in [0.717, 1.165) is 55.2 Å². The number of nitrogens with zero attached hydrogens (tertiary/aromatic N) is 2. The molecule has 5 rings (SSSR count). The van der Waals surface area contributed by atoms with E-state index in [1.165, 1.54) is 16.0 Å². The van der Waals surface area contributed by atoms with Gasteiger partial charge in [-0.25, -0.2) is 4.98 Å². The Hall–Kier alpha value is -2.22. The Kier molecular flexibility index (Phi) is 4.45. The van der Waals surface area contributed by atoms with Gasteiger partial charge in [0.15, 0.2) is 0 Å². The van der Waals surface area contributed by atoms with Crippen molar-refractivity contribution < 1.29 is 9.53 Å². The van der Waals surface area contributed by atoms with E-state index in [4.69, 9.17) is 4.74 Å². The molecule has 0 aromatic carbocycles. The maximum atomic E-state index is 12.8. The van der Waals surface area contributed by atoms with Crippen molar-refractivity contribution in [2.75, 3.05) is 19.7 Å². The number of carbonyl (C=O) groups is 1. The number of imidazole rings is 1. The van der Waals surface area contributed by atoms with Crippen LogP contribution in [0.1, 0.15) is 44.2 Å². The van der Waals surface area contributed by atoms with Crippen molar-refractivity contribution in [3.8, 4) is 0 Å². The molecular formula is C21H24N4O2S. The van der Waals surface area contributed by atoms with Gasteiger partial charge in [0.1, 0.15) is 5.65 Å². The lowest BCUT2D eigenvalue weighted by Gasteiger charge is -2.40. The number of piperidine rings is 1. The molecule has 146 valence electrons. The maximum absolute atomic E-state index is 12.8. The van der Waals surface area contributed by atoms with E-state index in [2.05, 4.69) is 21.7 Å². The lowest BCUT2D eigenvalue weighted by molar-refractivity contribution is -0.0792. The van der Waals surface area contributed by atoms with Crippen LogP contribution in [0.4, 0.5) is 0 Å². The Bertz CT molecular complexity index is 1030. The van der Waals surface area contributed by atoms with Gasteiger partial charge in [-0.3, -0.25) is 4.79 Å². The Morgan fingerprint density at radius 1 is 1.39 bits per heavy atom. The summed E-state index contributed by atoms with van der Waals surface area (Å²) in [5.74, 6) is -0.0308. The van der Waals surface area contributed by atoms with Crippen molar-refractivity contribution in [1.82, 2.24) is 20.0 Å². The molecule has 3 aromatic rings. The Labute approximate surface area is 167 Å². The van der Waals surface area contributed by atoms with Gasteiger partial charge < -0.3 is 19.8 Å². The molecule has 5 heterocycles. The van der Waals surface area contributed by atoms with E-state index in [-0.39, 0.29) is 11.5 Å². The van der Waals surface area contributed by atoms with Crippen LogP contribution in [0.15, 0.2) is 30.6 Å². The molecule has 0 saturated carbocycles. The highest BCUT2D eigenvalue weighted by Crippen LogP contribution is 2.43. The molecule has 6 nitrogen and oxygen atoms in total. The molecule has 0 aliphatic carbocycles. The first-order valence-corrected chi connectivity index (χ1v) is 10.6. The molecule has 3 aromatic heterocycles. The van der Waals surface area contributed by atoms with E-state index in [1.54, 1.807) is 11.3 Å². The number of carbonyl (C=O) groups excluding carboxylic acids is 1. The summed E-state index contributed by atoms with van der Waals surface area (Å²) in [5.41, 5.74) is 3.97. The zero-order valence-corrected chi connectivity index (χ0v) is 16.8. The molecule has 2 N–H and O–H groups in total. The average molecular weight is 397 g/mol. The fourth-order valence-electron chi connectivity index (χ4n) is 4.25. The van der Waals surface area contributed by atoms with Crippen LogP contribution < -0.4 is 10.6 Å².